The molecule has 7 nitrogen and oxygen atoms in total. The standard InChI is InChI=1S/C20H17FN4O3/c1-28-15-4-2-3-14(9-15)22-20(27)17-11-19(26)23-18-10-16(24-25(17)18)12-5-7-13(21)8-6-12/h2-10,17H,11H2,1H3,(H,22,27)(H,23,26)/t17-/m1/s1. The van der Waals surface area contributed by atoms with Gasteiger partial charge in [0.1, 0.15) is 23.4 Å². The van der Waals surface area contributed by atoms with Gasteiger partial charge in [-0.15, -0.1) is 0 Å². The molecule has 0 aliphatic carbocycles. The average molecular weight is 380 g/mol. The number of carbonyl (C=O) groups is 2. The van der Waals surface area contributed by atoms with E-state index in [-0.39, 0.29) is 24.1 Å². The summed E-state index contributed by atoms with van der Waals surface area (Å²) >= 11 is 0. The Morgan fingerprint density at radius 2 is 2.04 bits per heavy atom. The Labute approximate surface area is 160 Å². The predicted octanol–water partition coefficient (Wildman–Crippen LogP) is 3.22. The Bertz CT molecular complexity index is 1050. The normalized spacial score (nSPS) is 15.5. The molecule has 0 saturated heterocycles. The summed E-state index contributed by atoms with van der Waals surface area (Å²) in [6, 6.07) is 13.7. The molecule has 0 spiro atoms. The first-order chi connectivity index (χ1) is 13.5. The summed E-state index contributed by atoms with van der Waals surface area (Å²) in [5.74, 6) is 0.0393. The van der Waals surface area contributed by atoms with E-state index in [0.29, 0.717) is 28.5 Å². The molecule has 2 aromatic carbocycles. The van der Waals surface area contributed by atoms with Gasteiger partial charge in [0.15, 0.2) is 0 Å². The predicted molar refractivity (Wildman–Crippen MR) is 102 cm³/mol. The number of hydrogen-bond donors (Lipinski definition) is 2. The first-order valence-corrected chi connectivity index (χ1v) is 8.64. The zero-order valence-electron chi connectivity index (χ0n) is 15.0. The minimum absolute atomic E-state index is 0.0344. The Kier molecular flexibility index (Phi) is 4.52. The lowest BCUT2D eigenvalue weighted by Crippen LogP contribution is -2.35. The Hall–Kier alpha value is -3.68. The van der Waals surface area contributed by atoms with Gasteiger partial charge in [0.2, 0.25) is 11.8 Å². The third-order valence-corrected chi connectivity index (χ3v) is 4.46. The minimum Gasteiger partial charge on any atom is -0.497 e. The van der Waals surface area contributed by atoms with E-state index in [9.17, 15) is 14.0 Å². The molecule has 1 atom stereocenters. The first kappa shape index (κ1) is 17.7. The van der Waals surface area contributed by atoms with E-state index in [1.807, 2.05) is 0 Å². The molecular weight excluding hydrogens is 363 g/mol. The van der Waals surface area contributed by atoms with Gasteiger partial charge < -0.3 is 15.4 Å². The molecule has 0 radical (unpaired) electrons. The van der Waals surface area contributed by atoms with Crippen LogP contribution in [0.3, 0.4) is 0 Å². The van der Waals surface area contributed by atoms with Crippen molar-refractivity contribution in [1.82, 2.24) is 9.78 Å². The molecule has 0 fully saturated rings. The molecule has 2 heterocycles. The zero-order chi connectivity index (χ0) is 19.7. The van der Waals surface area contributed by atoms with Crippen molar-refractivity contribution in [3.05, 3.63) is 60.4 Å². The summed E-state index contributed by atoms with van der Waals surface area (Å²) in [6.45, 7) is 0. The van der Waals surface area contributed by atoms with Gasteiger partial charge >= 0.3 is 0 Å². The van der Waals surface area contributed by atoms with Crippen molar-refractivity contribution in [3.63, 3.8) is 0 Å². The third-order valence-electron chi connectivity index (χ3n) is 4.46. The summed E-state index contributed by atoms with van der Waals surface area (Å²) in [4.78, 5) is 24.9. The van der Waals surface area contributed by atoms with Gasteiger partial charge in [-0.05, 0) is 36.4 Å². The van der Waals surface area contributed by atoms with Crippen LogP contribution in [-0.4, -0.2) is 28.7 Å². The number of halogens is 1. The molecule has 4 rings (SSSR count). The zero-order valence-corrected chi connectivity index (χ0v) is 15.0. The molecule has 0 saturated carbocycles. The van der Waals surface area contributed by atoms with Crippen LogP contribution in [0.5, 0.6) is 5.75 Å². The van der Waals surface area contributed by atoms with Crippen molar-refractivity contribution in [2.24, 2.45) is 0 Å². The van der Waals surface area contributed by atoms with Crippen molar-refractivity contribution in [2.45, 2.75) is 12.5 Å². The number of rotatable bonds is 4. The number of benzene rings is 2. The molecular formula is C20H17FN4O3. The Morgan fingerprint density at radius 1 is 1.25 bits per heavy atom. The molecule has 2 N–H and O–H groups in total. The van der Waals surface area contributed by atoms with E-state index in [0.717, 1.165) is 0 Å². The highest BCUT2D eigenvalue weighted by Gasteiger charge is 2.32. The molecule has 1 aliphatic rings. The lowest BCUT2D eigenvalue weighted by molar-refractivity contribution is -0.125. The number of nitrogens with zero attached hydrogens (tertiary/aromatic N) is 2. The number of carbonyl (C=O) groups excluding carboxylic acids is 2. The second kappa shape index (κ2) is 7.15. The van der Waals surface area contributed by atoms with Crippen LogP contribution < -0.4 is 15.4 Å². The van der Waals surface area contributed by atoms with Crippen molar-refractivity contribution < 1.29 is 18.7 Å². The van der Waals surface area contributed by atoms with Gasteiger partial charge in [-0.25, -0.2) is 9.07 Å². The third kappa shape index (κ3) is 3.44. The number of anilines is 2. The molecule has 0 bridgehead atoms. The van der Waals surface area contributed by atoms with Gasteiger partial charge in [0.05, 0.1) is 19.2 Å². The van der Waals surface area contributed by atoms with Crippen LogP contribution in [0.15, 0.2) is 54.6 Å². The summed E-state index contributed by atoms with van der Waals surface area (Å²) in [5, 5.41) is 9.97. The fraction of sp³-hybridized carbons (Fsp3) is 0.150. The van der Waals surface area contributed by atoms with Gasteiger partial charge in [0, 0.05) is 23.4 Å². The average Bonchev–Trinajstić information content (AvgIpc) is 3.11. The van der Waals surface area contributed by atoms with Gasteiger partial charge in [-0.2, -0.15) is 5.10 Å². The maximum absolute atomic E-state index is 13.2. The van der Waals surface area contributed by atoms with Gasteiger partial charge in [-0.3, -0.25) is 9.59 Å². The molecule has 1 aromatic heterocycles. The maximum Gasteiger partial charge on any atom is 0.249 e. The minimum atomic E-state index is -0.802. The second-order valence-corrected chi connectivity index (χ2v) is 6.36. The van der Waals surface area contributed by atoms with Crippen molar-refractivity contribution in [1.29, 1.82) is 0 Å². The van der Waals surface area contributed by atoms with Crippen LogP contribution in [0, 0.1) is 5.82 Å². The van der Waals surface area contributed by atoms with Crippen LogP contribution in [0.1, 0.15) is 12.5 Å². The monoisotopic (exact) mass is 380 g/mol. The number of fused-ring (bicyclic) bond motifs is 1. The van der Waals surface area contributed by atoms with Crippen molar-refractivity contribution in [2.75, 3.05) is 17.7 Å². The highest BCUT2D eigenvalue weighted by Crippen LogP contribution is 2.30. The molecule has 28 heavy (non-hydrogen) atoms. The van der Waals surface area contributed by atoms with E-state index in [1.54, 1.807) is 49.6 Å². The fourth-order valence-corrected chi connectivity index (χ4v) is 3.07. The summed E-state index contributed by atoms with van der Waals surface area (Å²) < 4.78 is 19.8. The van der Waals surface area contributed by atoms with E-state index in [4.69, 9.17) is 4.74 Å². The quantitative estimate of drug-likeness (QED) is 0.728. The largest absolute Gasteiger partial charge is 0.497 e. The SMILES string of the molecule is COc1cccc(NC(=O)[C@H]2CC(=O)Nc3cc(-c4ccc(F)cc4)nn32)c1. The molecule has 8 heteroatoms. The maximum atomic E-state index is 13.2. The van der Waals surface area contributed by atoms with Crippen LogP contribution in [0.25, 0.3) is 11.3 Å². The van der Waals surface area contributed by atoms with E-state index in [1.165, 1.54) is 16.8 Å². The second-order valence-electron chi connectivity index (χ2n) is 6.36. The topological polar surface area (TPSA) is 85.2 Å². The number of aromatic nitrogens is 2. The lowest BCUT2D eigenvalue weighted by Gasteiger charge is -2.23. The van der Waals surface area contributed by atoms with E-state index >= 15 is 0 Å². The molecule has 142 valence electrons. The fourth-order valence-electron chi connectivity index (χ4n) is 3.07. The number of nitrogens with one attached hydrogen (secondary N) is 2. The number of methoxy groups -OCH3 is 1. The number of amides is 2. The van der Waals surface area contributed by atoms with Crippen LogP contribution in [0.2, 0.25) is 0 Å². The lowest BCUT2D eigenvalue weighted by atomic mass is 10.1. The first-order valence-electron chi connectivity index (χ1n) is 8.64. The van der Waals surface area contributed by atoms with Gasteiger partial charge in [-0.1, -0.05) is 6.07 Å². The summed E-state index contributed by atoms with van der Waals surface area (Å²) in [5.41, 5.74) is 1.78. The highest BCUT2D eigenvalue weighted by molar-refractivity contribution is 6.01. The molecule has 2 amide bonds. The summed E-state index contributed by atoms with van der Waals surface area (Å²) in [6.07, 6.45) is -0.0344. The number of hydrogen-bond acceptors (Lipinski definition) is 4. The summed E-state index contributed by atoms with van der Waals surface area (Å²) in [7, 11) is 1.54. The van der Waals surface area contributed by atoms with Crippen molar-refractivity contribution in [3.8, 4) is 17.0 Å². The highest BCUT2D eigenvalue weighted by atomic mass is 19.1. The van der Waals surface area contributed by atoms with E-state index < -0.39 is 6.04 Å². The smallest absolute Gasteiger partial charge is 0.249 e. The Balaban J connectivity index is 1.63. The van der Waals surface area contributed by atoms with Crippen LogP contribution >= 0.6 is 0 Å². The molecule has 1 aliphatic heterocycles. The molecule has 0 unspecified atom stereocenters. The molecule has 3 aromatic rings. The Morgan fingerprint density at radius 3 is 2.79 bits per heavy atom. The van der Waals surface area contributed by atoms with E-state index in [2.05, 4.69) is 15.7 Å². The van der Waals surface area contributed by atoms with Crippen LogP contribution in [0.4, 0.5) is 15.9 Å². The van der Waals surface area contributed by atoms with Crippen molar-refractivity contribution >= 4 is 23.3 Å². The number of ether oxygens (including phenoxy) is 1. The van der Waals surface area contributed by atoms with Crippen LogP contribution in [-0.2, 0) is 9.59 Å². The van der Waals surface area contributed by atoms with Gasteiger partial charge in [0.25, 0.3) is 0 Å².